The van der Waals surface area contributed by atoms with E-state index in [2.05, 4.69) is 15.9 Å². The summed E-state index contributed by atoms with van der Waals surface area (Å²) in [5.74, 6) is -1.99. The van der Waals surface area contributed by atoms with E-state index in [0.29, 0.717) is 0 Å². The molecule has 1 fully saturated rings. The van der Waals surface area contributed by atoms with Crippen molar-refractivity contribution in [2.24, 2.45) is 0 Å². The van der Waals surface area contributed by atoms with Gasteiger partial charge in [0.1, 0.15) is 6.10 Å². The van der Waals surface area contributed by atoms with Crippen LogP contribution >= 0.6 is 15.9 Å². The molecule has 1 saturated heterocycles. The number of esters is 3. The van der Waals surface area contributed by atoms with Gasteiger partial charge < -0.3 is 24.1 Å². The molecule has 0 bridgehead atoms. The van der Waals surface area contributed by atoms with E-state index < -0.39 is 48.6 Å². The van der Waals surface area contributed by atoms with Gasteiger partial charge in [0.05, 0.1) is 0 Å². The van der Waals surface area contributed by atoms with Gasteiger partial charge in [0.25, 0.3) is 0 Å². The van der Waals surface area contributed by atoms with Gasteiger partial charge in [0, 0.05) is 26.1 Å². The molecule has 120 valence electrons. The Labute approximate surface area is 129 Å². The number of hydrogen-bond donors (Lipinski definition) is 1. The summed E-state index contributed by atoms with van der Waals surface area (Å²) in [6.45, 7) is 3.47. The number of halogens is 1. The lowest BCUT2D eigenvalue weighted by Gasteiger charge is -2.42. The first-order valence-corrected chi connectivity index (χ1v) is 7.29. The summed E-state index contributed by atoms with van der Waals surface area (Å²) in [4.78, 5) is 33.6. The molecule has 0 aromatic rings. The molecule has 5 atom stereocenters. The minimum Gasteiger partial charge on any atom is -0.456 e. The van der Waals surface area contributed by atoms with Crippen LogP contribution in [0.3, 0.4) is 0 Å². The molecule has 1 N–H and O–H groups in total. The molecule has 0 aromatic carbocycles. The molecule has 2 unspecified atom stereocenters. The molecular weight excluding hydrogens is 352 g/mol. The van der Waals surface area contributed by atoms with Crippen LogP contribution in [0.25, 0.3) is 0 Å². The molecule has 0 amide bonds. The standard InChI is InChI=1S/C12H17BrO8/c1-5(14)18-9-8(4-13)21-12(17)11(20-7(3)16)10(9)19-6(2)15/h8-12,17H,4H2,1-3H3/t8?,9-,10+,11?,12-/m1/s1. The molecule has 9 heteroatoms. The van der Waals surface area contributed by atoms with Gasteiger partial charge in [-0.25, -0.2) is 0 Å². The summed E-state index contributed by atoms with van der Waals surface area (Å²) in [7, 11) is 0. The highest BCUT2D eigenvalue weighted by Crippen LogP contribution is 2.28. The molecule has 8 nitrogen and oxygen atoms in total. The summed E-state index contributed by atoms with van der Waals surface area (Å²) in [5, 5.41) is 10.1. The number of aliphatic hydroxyl groups is 1. The van der Waals surface area contributed by atoms with E-state index >= 15 is 0 Å². The molecule has 0 aliphatic carbocycles. The first-order chi connectivity index (χ1) is 9.76. The van der Waals surface area contributed by atoms with Crippen LogP contribution in [0.4, 0.5) is 0 Å². The van der Waals surface area contributed by atoms with Gasteiger partial charge >= 0.3 is 17.9 Å². The number of hydrogen-bond acceptors (Lipinski definition) is 8. The predicted molar refractivity (Wildman–Crippen MR) is 71.3 cm³/mol. The van der Waals surface area contributed by atoms with Crippen molar-refractivity contribution in [1.29, 1.82) is 0 Å². The van der Waals surface area contributed by atoms with Gasteiger partial charge in [-0.1, -0.05) is 15.9 Å². The van der Waals surface area contributed by atoms with Gasteiger partial charge in [-0.05, 0) is 0 Å². The Morgan fingerprint density at radius 2 is 1.38 bits per heavy atom. The first-order valence-electron chi connectivity index (χ1n) is 6.17. The fourth-order valence-electron chi connectivity index (χ4n) is 2.00. The average molecular weight is 369 g/mol. The van der Waals surface area contributed by atoms with Crippen LogP contribution in [0.5, 0.6) is 0 Å². The molecule has 1 aliphatic rings. The summed E-state index contributed by atoms with van der Waals surface area (Å²) < 4.78 is 20.3. The Morgan fingerprint density at radius 3 is 1.81 bits per heavy atom. The van der Waals surface area contributed by atoms with Crippen molar-refractivity contribution in [1.82, 2.24) is 0 Å². The van der Waals surface area contributed by atoms with E-state index in [4.69, 9.17) is 18.9 Å². The Kier molecular flexibility index (Phi) is 6.56. The predicted octanol–water partition coefficient (Wildman–Crippen LogP) is -0.106. The van der Waals surface area contributed by atoms with Crippen LogP contribution < -0.4 is 0 Å². The zero-order valence-electron chi connectivity index (χ0n) is 11.8. The van der Waals surface area contributed by atoms with Crippen molar-refractivity contribution in [3.63, 3.8) is 0 Å². The van der Waals surface area contributed by atoms with E-state index in [0.717, 1.165) is 13.8 Å². The molecule has 0 spiro atoms. The maximum atomic E-state index is 11.2. The number of carbonyl (C=O) groups is 3. The molecule has 0 saturated carbocycles. The molecular formula is C12H17BrO8. The fraction of sp³-hybridized carbons (Fsp3) is 0.750. The van der Waals surface area contributed by atoms with Crippen molar-refractivity contribution >= 4 is 33.8 Å². The number of aliphatic hydroxyl groups excluding tert-OH is 1. The van der Waals surface area contributed by atoms with Crippen LogP contribution in [-0.4, -0.2) is 59.1 Å². The summed E-state index contributed by atoms with van der Waals surface area (Å²) >= 11 is 3.16. The Bertz CT molecular complexity index is 412. The quantitative estimate of drug-likeness (QED) is 0.416. The summed E-state index contributed by atoms with van der Waals surface area (Å²) in [6, 6.07) is 0. The van der Waals surface area contributed by atoms with Crippen molar-refractivity contribution in [2.45, 2.75) is 51.5 Å². The largest absolute Gasteiger partial charge is 0.456 e. The summed E-state index contributed by atoms with van der Waals surface area (Å²) in [6.07, 6.45) is -5.74. The normalized spacial score (nSPS) is 32.1. The van der Waals surface area contributed by atoms with Crippen molar-refractivity contribution in [2.75, 3.05) is 5.33 Å². The maximum Gasteiger partial charge on any atom is 0.303 e. The Morgan fingerprint density at radius 1 is 0.952 bits per heavy atom. The minimum atomic E-state index is -1.51. The molecule has 1 aliphatic heterocycles. The minimum absolute atomic E-state index is 0.215. The van der Waals surface area contributed by atoms with E-state index in [1.807, 2.05) is 0 Å². The van der Waals surface area contributed by atoms with Crippen molar-refractivity contribution in [3.05, 3.63) is 0 Å². The van der Waals surface area contributed by atoms with Crippen LogP contribution in [-0.2, 0) is 33.3 Å². The zero-order chi connectivity index (χ0) is 16.2. The number of alkyl halides is 1. The highest BCUT2D eigenvalue weighted by Gasteiger charge is 2.50. The number of carbonyl (C=O) groups excluding carboxylic acids is 3. The molecule has 0 radical (unpaired) electrons. The molecule has 1 heterocycles. The highest BCUT2D eigenvalue weighted by atomic mass is 79.9. The number of rotatable bonds is 4. The van der Waals surface area contributed by atoms with Crippen LogP contribution in [0, 0.1) is 0 Å². The summed E-state index contributed by atoms with van der Waals surface area (Å²) in [5.41, 5.74) is 0. The SMILES string of the molecule is CC(=O)OC1[C@H](O)OC(CBr)[C@@H](OC(C)=O)[C@@H]1OC(C)=O. The van der Waals surface area contributed by atoms with Crippen LogP contribution in [0.15, 0.2) is 0 Å². The highest BCUT2D eigenvalue weighted by molar-refractivity contribution is 9.09. The van der Waals surface area contributed by atoms with Gasteiger partial charge in [-0.3, -0.25) is 14.4 Å². The third kappa shape index (κ3) is 4.94. The Hall–Kier alpha value is -1.19. The monoisotopic (exact) mass is 368 g/mol. The smallest absolute Gasteiger partial charge is 0.303 e. The van der Waals surface area contributed by atoms with Gasteiger partial charge in [0.2, 0.25) is 0 Å². The van der Waals surface area contributed by atoms with Crippen molar-refractivity contribution < 1.29 is 38.4 Å². The first kappa shape index (κ1) is 17.9. The van der Waals surface area contributed by atoms with E-state index in [1.165, 1.54) is 6.92 Å². The second-order valence-corrected chi connectivity index (χ2v) is 5.09. The third-order valence-electron chi connectivity index (χ3n) is 2.67. The topological polar surface area (TPSA) is 108 Å². The van der Waals surface area contributed by atoms with E-state index in [9.17, 15) is 19.5 Å². The van der Waals surface area contributed by atoms with E-state index in [1.54, 1.807) is 0 Å². The number of ether oxygens (including phenoxy) is 4. The third-order valence-corrected chi connectivity index (χ3v) is 3.31. The fourth-order valence-corrected chi connectivity index (χ4v) is 2.52. The van der Waals surface area contributed by atoms with Crippen LogP contribution in [0.1, 0.15) is 20.8 Å². The van der Waals surface area contributed by atoms with Gasteiger partial charge in [-0.2, -0.15) is 0 Å². The lowest BCUT2D eigenvalue weighted by Crippen LogP contribution is -2.61. The van der Waals surface area contributed by atoms with Crippen molar-refractivity contribution in [3.8, 4) is 0 Å². The van der Waals surface area contributed by atoms with Gasteiger partial charge in [-0.15, -0.1) is 0 Å². The molecule has 21 heavy (non-hydrogen) atoms. The van der Waals surface area contributed by atoms with E-state index in [-0.39, 0.29) is 5.33 Å². The lowest BCUT2D eigenvalue weighted by molar-refractivity contribution is -0.287. The zero-order valence-corrected chi connectivity index (χ0v) is 13.4. The average Bonchev–Trinajstić information content (AvgIpc) is 2.35. The second kappa shape index (κ2) is 7.71. The lowest BCUT2D eigenvalue weighted by atomic mass is 9.99. The Balaban J connectivity index is 3.08. The molecule has 1 rings (SSSR count). The molecule has 0 aromatic heterocycles. The van der Waals surface area contributed by atoms with Crippen LogP contribution in [0.2, 0.25) is 0 Å². The second-order valence-electron chi connectivity index (χ2n) is 4.44. The maximum absolute atomic E-state index is 11.2. The van der Waals surface area contributed by atoms with Gasteiger partial charge in [0.15, 0.2) is 24.6 Å².